The molecular weight excluding hydrogens is 370 g/mol. The highest BCUT2D eigenvalue weighted by atomic mass is 16.6. The van der Waals surface area contributed by atoms with E-state index in [1.165, 1.54) is 0 Å². The van der Waals surface area contributed by atoms with E-state index in [1.54, 1.807) is 15.8 Å². The van der Waals surface area contributed by atoms with Crippen LogP contribution in [-0.2, 0) is 23.4 Å². The fraction of sp³-hybridized carbons (Fsp3) is 0.524. The molecular formula is C21H27N5O3. The molecule has 0 radical (unpaired) electrons. The molecule has 2 aliphatic rings. The van der Waals surface area contributed by atoms with E-state index in [0.717, 1.165) is 29.8 Å². The molecule has 1 fully saturated rings. The number of ether oxygens (including phenoxy) is 1. The molecule has 2 aromatic rings. The third-order valence-corrected chi connectivity index (χ3v) is 5.27. The summed E-state index contributed by atoms with van der Waals surface area (Å²) in [6.45, 7) is 8.84. The lowest BCUT2D eigenvalue weighted by molar-refractivity contribution is 0.0193. The van der Waals surface area contributed by atoms with Crippen LogP contribution in [0.15, 0.2) is 24.5 Å². The molecule has 8 nitrogen and oxygen atoms in total. The van der Waals surface area contributed by atoms with Crippen LogP contribution in [0.2, 0.25) is 0 Å². The van der Waals surface area contributed by atoms with Gasteiger partial charge in [0.2, 0.25) is 0 Å². The monoisotopic (exact) mass is 397 g/mol. The maximum Gasteiger partial charge on any atom is 0.410 e. The number of aryl methyl sites for hydroxylation is 1. The minimum absolute atomic E-state index is 0.183. The minimum atomic E-state index is -0.561. The van der Waals surface area contributed by atoms with Gasteiger partial charge in [0.1, 0.15) is 5.60 Å². The van der Waals surface area contributed by atoms with Crippen molar-refractivity contribution in [1.82, 2.24) is 25.0 Å². The average Bonchev–Trinajstić information content (AvgIpc) is 3.29. The molecule has 154 valence electrons. The number of hydrogen-bond acceptors (Lipinski definition) is 5. The number of aromatic nitrogens is 3. The molecule has 0 bridgehead atoms. The molecule has 1 aliphatic heterocycles. The number of nitrogens with zero attached hydrogens (tertiary/aromatic N) is 4. The van der Waals surface area contributed by atoms with Crippen molar-refractivity contribution < 1.29 is 14.3 Å². The van der Waals surface area contributed by atoms with Crippen LogP contribution in [0.4, 0.5) is 4.79 Å². The third-order valence-electron chi connectivity index (χ3n) is 5.27. The van der Waals surface area contributed by atoms with Crippen LogP contribution in [0.1, 0.15) is 60.9 Å². The van der Waals surface area contributed by atoms with Gasteiger partial charge in [0, 0.05) is 12.7 Å². The Labute approximate surface area is 170 Å². The molecule has 0 aromatic carbocycles. The summed E-state index contributed by atoms with van der Waals surface area (Å²) < 4.78 is 7.27. The van der Waals surface area contributed by atoms with E-state index in [9.17, 15) is 9.59 Å². The van der Waals surface area contributed by atoms with Crippen molar-refractivity contribution >= 4 is 12.0 Å². The Balaban J connectivity index is 1.50. The molecule has 2 aromatic heterocycles. The molecule has 0 saturated heterocycles. The van der Waals surface area contributed by atoms with Crippen molar-refractivity contribution in [2.45, 2.75) is 64.8 Å². The van der Waals surface area contributed by atoms with Gasteiger partial charge >= 0.3 is 6.09 Å². The number of carbonyl (C=O) groups is 2. The Morgan fingerprint density at radius 2 is 1.93 bits per heavy atom. The first kappa shape index (κ1) is 19.4. The Kier molecular flexibility index (Phi) is 4.59. The van der Waals surface area contributed by atoms with Crippen molar-refractivity contribution in [2.75, 3.05) is 6.54 Å². The SMILES string of the molecule is Cc1ccc(C2(NC(=O)c3cnn4c3CN(C(=O)OC(C)(C)C)CC4)CC2)nc1. The molecule has 3 heterocycles. The summed E-state index contributed by atoms with van der Waals surface area (Å²) in [5.74, 6) is -0.183. The highest BCUT2D eigenvalue weighted by Crippen LogP contribution is 2.44. The van der Waals surface area contributed by atoms with E-state index in [4.69, 9.17) is 4.74 Å². The number of nitrogens with one attached hydrogen (secondary N) is 1. The van der Waals surface area contributed by atoms with E-state index in [1.807, 2.05) is 46.0 Å². The van der Waals surface area contributed by atoms with Crippen molar-refractivity contribution in [2.24, 2.45) is 0 Å². The van der Waals surface area contributed by atoms with Gasteiger partial charge < -0.3 is 15.0 Å². The molecule has 1 saturated carbocycles. The number of pyridine rings is 1. The van der Waals surface area contributed by atoms with Crippen LogP contribution >= 0.6 is 0 Å². The second kappa shape index (κ2) is 6.86. The Morgan fingerprint density at radius 1 is 1.17 bits per heavy atom. The topological polar surface area (TPSA) is 89.4 Å². The molecule has 4 rings (SSSR count). The van der Waals surface area contributed by atoms with Crippen LogP contribution in [0.25, 0.3) is 0 Å². The minimum Gasteiger partial charge on any atom is -0.444 e. The van der Waals surface area contributed by atoms with Crippen molar-refractivity contribution in [3.8, 4) is 0 Å². The molecule has 29 heavy (non-hydrogen) atoms. The molecule has 1 aliphatic carbocycles. The fourth-order valence-corrected chi connectivity index (χ4v) is 3.52. The predicted molar refractivity (Wildman–Crippen MR) is 106 cm³/mol. The number of hydrogen-bond donors (Lipinski definition) is 1. The first-order chi connectivity index (χ1) is 13.7. The lowest BCUT2D eigenvalue weighted by Gasteiger charge is -2.30. The van der Waals surface area contributed by atoms with Crippen LogP contribution in [-0.4, -0.2) is 43.8 Å². The van der Waals surface area contributed by atoms with E-state index >= 15 is 0 Å². The van der Waals surface area contributed by atoms with E-state index < -0.39 is 11.1 Å². The smallest absolute Gasteiger partial charge is 0.410 e. The van der Waals surface area contributed by atoms with Gasteiger partial charge in [-0.05, 0) is 52.2 Å². The maximum absolute atomic E-state index is 13.1. The lowest BCUT2D eigenvalue weighted by atomic mass is 10.1. The Bertz CT molecular complexity index is 938. The van der Waals surface area contributed by atoms with E-state index in [0.29, 0.717) is 25.2 Å². The normalized spacial score (nSPS) is 17.4. The number of rotatable bonds is 3. The largest absolute Gasteiger partial charge is 0.444 e. The van der Waals surface area contributed by atoms with Gasteiger partial charge in [0.15, 0.2) is 0 Å². The molecule has 2 amide bonds. The highest BCUT2D eigenvalue weighted by molar-refractivity contribution is 5.96. The van der Waals surface area contributed by atoms with Crippen molar-refractivity contribution in [3.05, 3.63) is 47.0 Å². The summed E-state index contributed by atoms with van der Waals surface area (Å²) in [7, 11) is 0. The van der Waals surface area contributed by atoms with E-state index in [2.05, 4.69) is 15.4 Å². The number of amides is 2. The third kappa shape index (κ3) is 3.97. The van der Waals surface area contributed by atoms with Crippen LogP contribution in [0.3, 0.4) is 0 Å². The van der Waals surface area contributed by atoms with Gasteiger partial charge in [-0.1, -0.05) is 6.07 Å². The zero-order valence-corrected chi connectivity index (χ0v) is 17.4. The molecule has 0 atom stereocenters. The molecule has 8 heteroatoms. The average molecular weight is 397 g/mol. The summed E-state index contributed by atoms with van der Waals surface area (Å²) in [5.41, 5.74) is 2.23. The van der Waals surface area contributed by atoms with Crippen molar-refractivity contribution in [3.63, 3.8) is 0 Å². The first-order valence-electron chi connectivity index (χ1n) is 9.95. The lowest BCUT2D eigenvalue weighted by Crippen LogP contribution is -2.42. The van der Waals surface area contributed by atoms with Gasteiger partial charge in [0.05, 0.1) is 41.8 Å². The second-order valence-corrected chi connectivity index (χ2v) is 8.89. The fourth-order valence-electron chi connectivity index (χ4n) is 3.52. The van der Waals surface area contributed by atoms with Gasteiger partial charge in [-0.15, -0.1) is 0 Å². The Hall–Kier alpha value is -2.90. The highest BCUT2D eigenvalue weighted by Gasteiger charge is 2.47. The summed E-state index contributed by atoms with van der Waals surface area (Å²) in [4.78, 5) is 31.6. The van der Waals surface area contributed by atoms with Gasteiger partial charge in [0.25, 0.3) is 5.91 Å². The van der Waals surface area contributed by atoms with E-state index in [-0.39, 0.29) is 12.0 Å². The van der Waals surface area contributed by atoms with Crippen molar-refractivity contribution in [1.29, 1.82) is 0 Å². The maximum atomic E-state index is 13.1. The first-order valence-corrected chi connectivity index (χ1v) is 9.95. The standard InChI is InChI=1S/C21H27N5O3/c1-14-5-6-17(22-11-14)21(7-8-21)24-18(27)15-12-23-26-10-9-25(13-16(15)26)19(28)29-20(2,3)4/h5-6,11-12H,7-10,13H2,1-4H3,(H,24,27). The van der Waals surface area contributed by atoms with Gasteiger partial charge in [-0.3, -0.25) is 14.5 Å². The molecule has 0 unspecified atom stereocenters. The number of fused-ring (bicyclic) bond motifs is 1. The van der Waals surface area contributed by atoms with Crippen LogP contribution < -0.4 is 5.32 Å². The van der Waals surface area contributed by atoms with Crippen LogP contribution in [0, 0.1) is 6.92 Å². The second-order valence-electron chi connectivity index (χ2n) is 8.89. The zero-order chi connectivity index (χ0) is 20.8. The summed E-state index contributed by atoms with van der Waals surface area (Å²) in [5, 5.41) is 7.49. The van der Waals surface area contributed by atoms with Crippen LogP contribution in [0.5, 0.6) is 0 Å². The summed E-state index contributed by atoms with van der Waals surface area (Å²) in [6.07, 6.45) is 4.76. The van der Waals surface area contributed by atoms with Gasteiger partial charge in [-0.2, -0.15) is 5.10 Å². The quantitative estimate of drug-likeness (QED) is 0.860. The molecule has 1 N–H and O–H groups in total. The Morgan fingerprint density at radius 3 is 2.55 bits per heavy atom. The number of carbonyl (C=O) groups excluding carboxylic acids is 2. The predicted octanol–water partition coefficient (Wildman–Crippen LogP) is 2.76. The summed E-state index contributed by atoms with van der Waals surface area (Å²) >= 11 is 0. The molecule has 0 spiro atoms. The van der Waals surface area contributed by atoms with Gasteiger partial charge in [-0.25, -0.2) is 4.79 Å². The zero-order valence-electron chi connectivity index (χ0n) is 17.4. The summed E-state index contributed by atoms with van der Waals surface area (Å²) in [6, 6.07) is 3.98.